The van der Waals surface area contributed by atoms with Crippen molar-refractivity contribution in [3.05, 3.63) is 65.2 Å². The number of amides is 3. The van der Waals surface area contributed by atoms with Crippen LogP contribution < -0.4 is 16.4 Å². The highest BCUT2D eigenvalue weighted by atomic mass is 16.3. The van der Waals surface area contributed by atoms with E-state index in [2.05, 4.69) is 36.6 Å². The Bertz CT molecular complexity index is 862. The van der Waals surface area contributed by atoms with Gasteiger partial charge in [-0.15, -0.1) is 0 Å². The maximum absolute atomic E-state index is 13.1. The van der Waals surface area contributed by atoms with Crippen molar-refractivity contribution < 1.29 is 14.7 Å². The number of carbonyl (C=O) groups is 2. The van der Waals surface area contributed by atoms with E-state index < -0.39 is 12.1 Å². The van der Waals surface area contributed by atoms with Crippen LogP contribution in [-0.2, 0) is 17.6 Å². The van der Waals surface area contributed by atoms with Crippen molar-refractivity contribution in [3.63, 3.8) is 0 Å². The number of aromatic hydroxyl groups is 1. The van der Waals surface area contributed by atoms with Crippen molar-refractivity contribution in [2.24, 2.45) is 11.1 Å². The Morgan fingerprint density at radius 1 is 1.18 bits per heavy atom. The molecule has 0 bridgehead atoms. The summed E-state index contributed by atoms with van der Waals surface area (Å²) in [6, 6.07) is 13.0. The first-order chi connectivity index (χ1) is 13.3. The van der Waals surface area contributed by atoms with Crippen LogP contribution in [0.3, 0.4) is 0 Å². The average Bonchev–Trinajstić information content (AvgIpc) is 2.65. The second-order valence-electron chi connectivity index (χ2n) is 8.06. The lowest BCUT2D eigenvalue weighted by Crippen LogP contribution is -2.52. The van der Waals surface area contributed by atoms with Crippen molar-refractivity contribution >= 4 is 11.9 Å². The fraction of sp³-hybridized carbons (Fsp3) is 0.364. The van der Waals surface area contributed by atoms with Crippen LogP contribution >= 0.6 is 0 Å². The molecule has 0 aliphatic heterocycles. The molecule has 1 aliphatic rings. The highest BCUT2D eigenvalue weighted by Crippen LogP contribution is 2.43. The van der Waals surface area contributed by atoms with Crippen molar-refractivity contribution in [1.29, 1.82) is 0 Å². The van der Waals surface area contributed by atoms with Gasteiger partial charge in [0.1, 0.15) is 11.8 Å². The largest absolute Gasteiger partial charge is 0.508 e. The molecule has 0 spiro atoms. The van der Waals surface area contributed by atoms with Crippen LogP contribution in [0.2, 0.25) is 0 Å². The second-order valence-corrected chi connectivity index (χ2v) is 8.06. The summed E-state index contributed by atoms with van der Waals surface area (Å²) in [6.45, 7) is 4.29. The second kappa shape index (κ2) is 7.92. The lowest BCUT2D eigenvalue weighted by molar-refractivity contribution is -0.124. The number of urea groups is 1. The minimum atomic E-state index is -0.799. The number of carbonyl (C=O) groups excluding carboxylic acids is 2. The predicted molar refractivity (Wildman–Crippen MR) is 108 cm³/mol. The summed E-state index contributed by atoms with van der Waals surface area (Å²) in [5, 5.41) is 15.1. The Morgan fingerprint density at radius 3 is 2.54 bits per heavy atom. The number of nitrogens with one attached hydrogen (secondary N) is 2. The number of aryl methyl sites for hydroxylation is 1. The minimum absolute atomic E-state index is 0.111. The van der Waals surface area contributed by atoms with Gasteiger partial charge in [0.25, 0.3) is 0 Å². The summed E-state index contributed by atoms with van der Waals surface area (Å²) in [5.74, 6) is -0.130. The Morgan fingerprint density at radius 2 is 1.86 bits per heavy atom. The summed E-state index contributed by atoms with van der Waals surface area (Å²) < 4.78 is 0. The Labute approximate surface area is 165 Å². The van der Waals surface area contributed by atoms with Gasteiger partial charge in [-0.1, -0.05) is 50.2 Å². The molecule has 3 rings (SSSR count). The van der Waals surface area contributed by atoms with Crippen molar-refractivity contribution in [2.75, 3.05) is 0 Å². The van der Waals surface area contributed by atoms with Gasteiger partial charge in [0.15, 0.2) is 0 Å². The lowest BCUT2D eigenvalue weighted by Gasteiger charge is -2.41. The standard InChI is InChI=1S/C22H27N3O3/c1-22(2)12-11-15-5-3-4-6-17(15)19(22)25-20(27)18(24-21(23)28)13-14-7-9-16(26)10-8-14/h3-10,18-19,26H,11-13H2,1-2H3,(H,25,27)(H3,23,24,28)/t18-,19?/m0/s1. The molecule has 0 fully saturated rings. The van der Waals surface area contributed by atoms with E-state index in [-0.39, 0.29) is 29.5 Å². The molecule has 1 aliphatic carbocycles. The van der Waals surface area contributed by atoms with Crippen LogP contribution in [0.15, 0.2) is 48.5 Å². The molecule has 2 aromatic carbocycles. The fourth-order valence-electron chi connectivity index (χ4n) is 3.83. The van der Waals surface area contributed by atoms with Gasteiger partial charge in [0.05, 0.1) is 6.04 Å². The fourth-order valence-corrected chi connectivity index (χ4v) is 3.83. The summed E-state index contributed by atoms with van der Waals surface area (Å²) in [6.07, 6.45) is 2.22. The molecule has 5 N–H and O–H groups in total. The van der Waals surface area contributed by atoms with Gasteiger partial charge in [-0.3, -0.25) is 4.79 Å². The first-order valence-corrected chi connectivity index (χ1v) is 9.48. The zero-order valence-electron chi connectivity index (χ0n) is 16.2. The molecule has 0 radical (unpaired) electrons. The summed E-state index contributed by atoms with van der Waals surface area (Å²) >= 11 is 0. The van der Waals surface area contributed by atoms with Gasteiger partial charge in [-0.2, -0.15) is 0 Å². The van der Waals surface area contributed by atoms with Gasteiger partial charge in [-0.25, -0.2) is 4.79 Å². The Balaban J connectivity index is 1.82. The minimum Gasteiger partial charge on any atom is -0.508 e. The first-order valence-electron chi connectivity index (χ1n) is 9.48. The molecule has 148 valence electrons. The third-order valence-corrected chi connectivity index (χ3v) is 5.48. The summed E-state index contributed by atoms with van der Waals surface area (Å²) in [5.41, 5.74) is 8.37. The Hall–Kier alpha value is -3.02. The molecule has 28 heavy (non-hydrogen) atoms. The molecule has 0 aromatic heterocycles. The number of hydrogen-bond acceptors (Lipinski definition) is 3. The smallest absolute Gasteiger partial charge is 0.312 e. The van der Waals surface area contributed by atoms with Gasteiger partial charge in [0.2, 0.25) is 5.91 Å². The molecule has 0 saturated carbocycles. The average molecular weight is 381 g/mol. The van der Waals surface area contributed by atoms with Crippen LogP contribution in [0.1, 0.15) is 43.0 Å². The van der Waals surface area contributed by atoms with E-state index in [0.29, 0.717) is 0 Å². The van der Waals surface area contributed by atoms with Crippen molar-refractivity contribution in [1.82, 2.24) is 10.6 Å². The third kappa shape index (κ3) is 4.44. The van der Waals surface area contributed by atoms with E-state index in [9.17, 15) is 14.7 Å². The molecule has 1 unspecified atom stereocenters. The number of hydrogen-bond donors (Lipinski definition) is 4. The molecule has 6 nitrogen and oxygen atoms in total. The van der Waals surface area contributed by atoms with Gasteiger partial charge in [-0.05, 0) is 47.1 Å². The van der Waals surface area contributed by atoms with Gasteiger partial charge < -0.3 is 21.5 Å². The highest BCUT2D eigenvalue weighted by molar-refractivity contribution is 5.87. The van der Waals surface area contributed by atoms with Gasteiger partial charge in [0, 0.05) is 6.42 Å². The van der Waals surface area contributed by atoms with Crippen LogP contribution in [0.5, 0.6) is 5.75 Å². The monoisotopic (exact) mass is 381 g/mol. The molecule has 2 atom stereocenters. The van der Waals surface area contributed by atoms with Crippen molar-refractivity contribution in [2.45, 2.75) is 45.2 Å². The maximum atomic E-state index is 13.1. The SMILES string of the molecule is CC1(C)CCc2ccccc2C1NC(=O)[C@H](Cc1ccc(O)cc1)NC(N)=O. The molecule has 2 aromatic rings. The molecule has 3 amide bonds. The van der Waals surface area contributed by atoms with Crippen LogP contribution in [0.4, 0.5) is 4.79 Å². The van der Waals surface area contributed by atoms with E-state index >= 15 is 0 Å². The topological polar surface area (TPSA) is 104 Å². The maximum Gasteiger partial charge on any atom is 0.312 e. The molecule has 0 saturated heterocycles. The van der Waals surface area contributed by atoms with Crippen molar-refractivity contribution in [3.8, 4) is 5.75 Å². The predicted octanol–water partition coefficient (Wildman–Crippen LogP) is 2.80. The van der Waals surface area contributed by atoms with E-state index in [1.165, 1.54) is 5.56 Å². The van der Waals surface area contributed by atoms with E-state index in [1.807, 2.05) is 12.1 Å². The Kier molecular flexibility index (Phi) is 5.58. The number of fused-ring (bicyclic) bond motifs is 1. The number of rotatable bonds is 5. The van der Waals surface area contributed by atoms with E-state index in [4.69, 9.17) is 5.73 Å². The molecular weight excluding hydrogens is 354 g/mol. The van der Waals surface area contributed by atoms with Crippen LogP contribution in [-0.4, -0.2) is 23.1 Å². The number of phenolic OH excluding ortho intramolecular Hbond substituents is 1. The van der Waals surface area contributed by atoms with Crippen LogP contribution in [0.25, 0.3) is 0 Å². The van der Waals surface area contributed by atoms with Gasteiger partial charge >= 0.3 is 6.03 Å². The quantitative estimate of drug-likeness (QED) is 0.640. The van der Waals surface area contributed by atoms with E-state index in [0.717, 1.165) is 24.0 Å². The first kappa shape index (κ1) is 19.7. The zero-order valence-corrected chi connectivity index (χ0v) is 16.2. The number of benzene rings is 2. The molecular formula is C22H27N3O3. The van der Waals surface area contributed by atoms with E-state index in [1.54, 1.807) is 24.3 Å². The third-order valence-electron chi connectivity index (χ3n) is 5.48. The summed E-state index contributed by atoms with van der Waals surface area (Å²) in [4.78, 5) is 24.6. The normalized spacial score (nSPS) is 18.6. The number of primary amides is 1. The molecule has 0 heterocycles. The number of nitrogens with two attached hydrogens (primary N) is 1. The highest BCUT2D eigenvalue weighted by Gasteiger charge is 2.37. The number of phenols is 1. The van der Waals surface area contributed by atoms with Crippen LogP contribution in [0, 0.1) is 5.41 Å². The summed E-state index contributed by atoms with van der Waals surface area (Å²) in [7, 11) is 0. The lowest BCUT2D eigenvalue weighted by atomic mass is 9.70. The zero-order chi connectivity index (χ0) is 20.3. The molecule has 6 heteroatoms.